The van der Waals surface area contributed by atoms with Gasteiger partial charge in [0.05, 0.1) is 6.04 Å². The number of carbonyl (C=O) groups is 1. The molecule has 0 radical (unpaired) electrons. The zero-order chi connectivity index (χ0) is 11.3. The highest BCUT2D eigenvalue weighted by Gasteiger charge is 2.16. The van der Waals surface area contributed by atoms with Crippen LogP contribution in [-0.2, 0) is 4.79 Å². The van der Waals surface area contributed by atoms with Gasteiger partial charge in [0.25, 0.3) is 0 Å². The van der Waals surface area contributed by atoms with Crippen molar-refractivity contribution in [1.29, 1.82) is 0 Å². The van der Waals surface area contributed by atoms with Crippen molar-refractivity contribution in [2.75, 3.05) is 0 Å². The molecule has 1 aromatic carbocycles. The fourth-order valence-corrected chi connectivity index (χ4v) is 1.16. The van der Waals surface area contributed by atoms with Crippen LogP contribution in [-0.4, -0.2) is 11.9 Å². The number of nitrogens with two attached hydrogens (primary N) is 1. The molecule has 1 amide bonds. The molecule has 1 unspecified atom stereocenters. The summed E-state index contributed by atoms with van der Waals surface area (Å²) in [7, 11) is 0. The number of carbonyl (C=O) groups excluding carboxylic acids is 1. The second-order valence-electron chi connectivity index (χ2n) is 3.29. The first-order chi connectivity index (χ1) is 7.15. The van der Waals surface area contributed by atoms with Gasteiger partial charge in [0.15, 0.2) is 0 Å². The average molecular weight is 202 g/mol. The van der Waals surface area contributed by atoms with E-state index < -0.39 is 6.04 Å². The van der Waals surface area contributed by atoms with Crippen molar-refractivity contribution in [2.24, 2.45) is 5.73 Å². The van der Waals surface area contributed by atoms with Gasteiger partial charge >= 0.3 is 0 Å². The van der Waals surface area contributed by atoms with Gasteiger partial charge in [-0.05, 0) is 12.5 Å². The fraction of sp³-hybridized carbons (Fsp3) is 0.250. The Morgan fingerprint density at radius 2 is 2.07 bits per heavy atom. The number of terminal acetylenes is 1. The lowest BCUT2D eigenvalue weighted by atomic mass is 10.1. The third-order valence-electron chi connectivity index (χ3n) is 2.05. The Hall–Kier alpha value is -1.79. The van der Waals surface area contributed by atoms with Crippen molar-refractivity contribution < 1.29 is 4.79 Å². The minimum Gasteiger partial charge on any atom is -0.341 e. The lowest BCUT2D eigenvalue weighted by Gasteiger charge is -2.14. The van der Waals surface area contributed by atoms with E-state index in [9.17, 15) is 4.79 Å². The van der Waals surface area contributed by atoms with Gasteiger partial charge in [-0.2, -0.15) is 0 Å². The minimum absolute atomic E-state index is 0.258. The van der Waals surface area contributed by atoms with E-state index in [-0.39, 0.29) is 11.9 Å². The minimum atomic E-state index is -0.665. The maximum absolute atomic E-state index is 11.6. The van der Waals surface area contributed by atoms with Crippen LogP contribution in [0.1, 0.15) is 18.5 Å². The fourth-order valence-electron chi connectivity index (χ4n) is 1.16. The number of nitrogens with one attached hydrogen (secondary N) is 1. The first kappa shape index (κ1) is 11.3. The average Bonchev–Trinajstić information content (AvgIpc) is 2.29. The van der Waals surface area contributed by atoms with E-state index in [0.29, 0.717) is 0 Å². The third-order valence-corrected chi connectivity index (χ3v) is 2.05. The molecule has 3 N–H and O–H groups in total. The highest BCUT2D eigenvalue weighted by Crippen LogP contribution is 2.09. The molecule has 0 saturated carbocycles. The molecular weight excluding hydrogens is 188 g/mol. The molecule has 0 bridgehead atoms. The van der Waals surface area contributed by atoms with E-state index in [2.05, 4.69) is 11.2 Å². The molecule has 0 aliphatic carbocycles. The van der Waals surface area contributed by atoms with Crippen molar-refractivity contribution in [3.63, 3.8) is 0 Å². The van der Waals surface area contributed by atoms with Crippen LogP contribution in [0.4, 0.5) is 0 Å². The topological polar surface area (TPSA) is 55.1 Å². The molecule has 0 spiro atoms. The summed E-state index contributed by atoms with van der Waals surface area (Å²) in [6.07, 6.45) is 5.15. The molecule has 15 heavy (non-hydrogen) atoms. The summed E-state index contributed by atoms with van der Waals surface area (Å²) in [5.74, 6) is 2.16. The van der Waals surface area contributed by atoms with Crippen LogP contribution in [0.3, 0.4) is 0 Å². The SMILES string of the molecule is C#CC(C)NC(=O)[C@H](N)c1ccccc1. The van der Waals surface area contributed by atoms with Crippen LogP contribution >= 0.6 is 0 Å². The van der Waals surface area contributed by atoms with Gasteiger partial charge in [0.2, 0.25) is 5.91 Å². The van der Waals surface area contributed by atoms with Gasteiger partial charge < -0.3 is 11.1 Å². The number of hydrogen-bond donors (Lipinski definition) is 2. The summed E-state index contributed by atoms with van der Waals surface area (Å²) in [5, 5.41) is 2.63. The number of rotatable bonds is 3. The lowest BCUT2D eigenvalue weighted by Crippen LogP contribution is -2.38. The second kappa shape index (κ2) is 5.18. The summed E-state index contributed by atoms with van der Waals surface area (Å²) in [6, 6.07) is 8.21. The van der Waals surface area contributed by atoms with E-state index in [1.807, 2.05) is 30.3 Å². The van der Waals surface area contributed by atoms with E-state index in [1.54, 1.807) is 6.92 Å². The third kappa shape index (κ3) is 3.12. The summed E-state index contributed by atoms with van der Waals surface area (Å²) >= 11 is 0. The zero-order valence-electron chi connectivity index (χ0n) is 8.60. The summed E-state index contributed by atoms with van der Waals surface area (Å²) in [4.78, 5) is 11.6. The molecule has 0 aliphatic rings. The second-order valence-corrected chi connectivity index (χ2v) is 3.29. The smallest absolute Gasteiger partial charge is 0.242 e. The Labute approximate surface area is 89.7 Å². The van der Waals surface area contributed by atoms with Crippen molar-refractivity contribution in [3.8, 4) is 12.3 Å². The van der Waals surface area contributed by atoms with Gasteiger partial charge in [-0.15, -0.1) is 6.42 Å². The van der Waals surface area contributed by atoms with E-state index in [4.69, 9.17) is 12.2 Å². The normalized spacial score (nSPS) is 13.7. The van der Waals surface area contributed by atoms with Crippen LogP contribution in [0.15, 0.2) is 30.3 Å². The maximum atomic E-state index is 11.6. The highest BCUT2D eigenvalue weighted by molar-refractivity contribution is 5.83. The molecule has 0 heterocycles. The largest absolute Gasteiger partial charge is 0.341 e. The molecule has 0 saturated heterocycles. The van der Waals surface area contributed by atoms with Crippen LogP contribution in [0, 0.1) is 12.3 Å². The van der Waals surface area contributed by atoms with E-state index in [1.165, 1.54) is 0 Å². The summed E-state index contributed by atoms with van der Waals surface area (Å²) in [5.41, 5.74) is 6.54. The van der Waals surface area contributed by atoms with E-state index >= 15 is 0 Å². The van der Waals surface area contributed by atoms with Gasteiger partial charge in [-0.1, -0.05) is 36.3 Å². The summed E-state index contributed by atoms with van der Waals surface area (Å²) < 4.78 is 0. The Bertz CT molecular complexity index is 367. The number of amides is 1. The molecule has 0 aromatic heterocycles. The van der Waals surface area contributed by atoms with Gasteiger partial charge in [0.1, 0.15) is 6.04 Å². The van der Waals surface area contributed by atoms with Crippen LogP contribution < -0.4 is 11.1 Å². The molecule has 78 valence electrons. The predicted molar refractivity (Wildman–Crippen MR) is 59.8 cm³/mol. The molecule has 1 rings (SSSR count). The van der Waals surface area contributed by atoms with Gasteiger partial charge in [-0.3, -0.25) is 4.79 Å². The van der Waals surface area contributed by atoms with Crippen molar-refractivity contribution in [1.82, 2.24) is 5.32 Å². The molecule has 0 fully saturated rings. The molecule has 1 aromatic rings. The van der Waals surface area contributed by atoms with Crippen molar-refractivity contribution in [2.45, 2.75) is 19.0 Å². The molecule has 0 aliphatic heterocycles. The van der Waals surface area contributed by atoms with Crippen molar-refractivity contribution >= 4 is 5.91 Å². The van der Waals surface area contributed by atoms with Gasteiger partial charge in [-0.25, -0.2) is 0 Å². The predicted octanol–water partition coefficient (Wildman–Crippen LogP) is 0.824. The van der Waals surface area contributed by atoms with Crippen LogP contribution in [0.25, 0.3) is 0 Å². The maximum Gasteiger partial charge on any atom is 0.242 e. The molecule has 2 atom stereocenters. The molecule has 3 nitrogen and oxygen atoms in total. The number of benzene rings is 1. The van der Waals surface area contributed by atoms with Crippen molar-refractivity contribution in [3.05, 3.63) is 35.9 Å². The highest BCUT2D eigenvalue weighted by atomic mass is 16.2. The first-order valence-electron chi connectivity index (χ1n) is 4.72. The Morgan fingerprint density at radius 1 is 1.47 bits per heavy atom. The van der Waals surface area contributed by atoms with Gasteiger partial charge in [0, 0.05) is 0 Å². The Kier molecular flexibility index (Phi) is 3.90. The van der Waals surface area contributed by atoms with Crippen LogP contribution in [0.5, 0.6) is 0 Å². The zero-order valence-corrected chi connectivity index (χ0v) is 8.60. The molecule has 3 heteroatoms. The quantitative estimate of drug-likeness (QED) is 0.713. The lowest BCUT2D eigenvalue weighted by molar-refractivity contribution is -0.122. The Morgan fingerprint density at radius 3 is 2.60 bits per heavy atom. The van der Waals surface area contributed by atoms with Crippen LogP contribution in [0.2, 0.25) is 0 Å². The number of hydrogen-bond acceptors (Lipinski definition) is 2. The summed E-state index contributed by atoms with van der Waals surface area (Å²) in [6.45, 7) is 1.73. The monoisotopic (exact) mass is 202 g/mol. The standard InChI is InChI=1S/C12H14N2O/c1-3-9(2)14-12(15)11(13)10-7-5-4-6-8-10/h1,4-9,11H,13H2,2H3,(H,14,15)/t9?,11-/m1/s1. The van der Waals surface area contributed by atoms with E-state index in [0.717, 1.165) is 5.56 Å². The Balaban J connectivity index is 2.66. The first-order valence-corrected chi connectivity index (χ1v) is 4.72. The molecular formula is C12H14N2O.